The molecule has 0 aromatic heterocycles. The van der Waals surface area contributed by atoms with Gasteiger partial charge in [0.25, 0.3) is 0 Å². The van der Waals surface area contributed by atoms with Gasteiger partial charge in [-0.15, -0.1) is 0 Å². The van der Waals surface area contributed by atoms with Gasteiger partial charge in [0.15, 0.2) is 0 Å². The first-order valence-electron chi connectivity index (χ1n) is 6.73. The first kappa shape index (κ1) is 15.7. The van der Waals surface area contributed by atoms with Crippen LogP contribution in [0, 0.1) is 0 Å². The molecule has 0 spiro atoms. The lowest BCUT2D eigenvalue weighted by molar-refractivity contribution is -0.116. The van der Waals surface area contributed by atoms with Crippen LogP contribution in [0.15, 0.2) is 24.3 Å². The minimum absolute atomic E-state index is 0.0325. The van der Waals surface area contributed by atoms with Gasteiger partial charge < -0.3 is 15.4 Å². The molecular weight excluding hydrogens is 240 g/mol. The number of ether oxygens (including phenoxy) is 1. The van der Waals surface area contributed by atoms with Gasteiger partial charge >= 0.3 is 0 Å². The van der Waals surface area contributed by atoms with E-state index in [1.807, 2.05) is 24.3 Å². The Labute approximate surface area is 115 Å². The van der Waals surface area contributed by atoms with Crippen molar-refractivity contribution in [3.63, 3.8) is 0 Å². The highest BCUT2D eigenvalue weighted by molar-refractivity contribution is 5.90. The van der Waals surface area contributed by atoms with Gasteiger partial charge in [-0.1, -0.05) is 26.0 Å². The molecular formula is C15H24N2O2. The van der Waals surface area contributed by atoms with E-state index in [1.165, 1.54) is 5.56 Å². The van der Waals surface area contributed by atoms with Crippen LogP contribution in [-0.2, 0) is 16.1 Å². The van der Waals surface area contributed by atoms with Crippen LogP contribution in [0.1, 0.15) is 32.3 Å². The number of nitrogens with one attached hydrogen (secondary N) is 2. The maximum Gasteiger partial charge on any atom is 0.224 e. The zero-order chi connectivity index (χ0) is 14.1. The Hall–Kier alpha value is -1.39. The summed E-state index contributed by atoms with van der Waals surface area (Å²) in [5.41, 5.74) is 2.06. The van der Waals surface area contributed by atoms with Gasteiger partial charge in [0.05, 0.1) is 0 Å². The van der Waals surface area contributed by atoms with E-state index in [4.69, 9.17) is 4.74 Å². The predicted molar refractivity (Wildman–Crippen MR) is 78.2 cm³/mol. The lowest BCUT2D eigenvalue weighted by Crippen LogP contribution is -2.21. The number of anilines is 1. The second kappa shape index (κ2) is 8.67. The molecule has 1 rings (SSSR count). The molecule has 0 saturated heterocycles. The first-order valence-corrected chi connectivity index (χ1v) is 6.73. The maximum absolute atomic E-state index is 11.6. The van der Waals surface area contributed by atoms with E-state index in [0.717, 1.165) is 18.7 Å². The van der Waals surface area contributed by atoms with Crippen LogP contribution in [0.5, 0.6) is 0 Å². The van der Waals surface area contributed by atoms with Crippen LogP contribution in [0.3, 0.4) is 0 Å². The average molecular weight is 264 g/mol. The van der Waals surface area contributed by atoms with Crippen LogP contribution in [0.4, 0.5) is 5.69 Å². The molecule has 0 atom stereocenters. The highest BCUT2D eigenvalue weighted by Crippen LogP contribution is 2.10. The fourth-order valence-electron chi connectivity index (χ4n) is 1.63. The molecule has 0 unspecified atom stereocenters. The Morgan fingerprint density at radius 2 is 1.95 bits per heavy atom. The average Bonchev–Trinajstić information content (AvgIpc) is 2.38. The fourth-order valence-corrected chi connectivity index (χ4v) is 1.63. The quantitative estimate of drug-likeness (QED) is 0.709. The molecule has 106 valence electrons. The molecule has 0 aliphatic rings. The molecule has 0 heterocycles. The predicted octanol–water partition coefficient (Wildman–Crippen LogP) is 2.55. The summed E-state index contributed by atoms with van der Waals surface area (Å²) in [6.45, 7) is 5.70. The Morgan fingerprint density at radius 1 is 1.26 bits per heavy atom. The monoisotopic (exact) mass is 264 g/mol. The van der Waals surface area contributed by atoms with Crippen molar-refractivity contribution >= 4 is 11.6 Å². The second-order valence-corrected chi connectivity index (χ2v) is 4.88. The third-order valence-electron chi connectivity index (χ3n) is 2.70. The lowest BCUT2D eigenvalue weighted by Gasteiger charge is -2.09. The molecule has 1 amide bonds. The van der Waals surface area contributed by atoms with Crippen molar-refractivity contribution in [2.75, 3.05) is 19.0 Å². The van der Waals surface area contributed by atoms with Crippen LogP contribution in [-0.4, -0.2) is 25.7 Å². The molecule has 0 aliphatic carbocycles. The highest BCUT2D eigenvalue weighted by Gasteiger charge is 2.02. The summed E-state index contributed by atoms with van der Waals surface area (Å²) < 4.78 is 4.92. The zero-order valence-electron chi connectivity index (χ0n) is 12.0. The van der Waals surface area contributed by atoms with Gasteiger partial charge in [-0.25, -0.2) is 0 Å². The smallest absolute Gasteiger partial charge is 0.224 e. The molecule has 1 aromatic rings. The number of carbonyl (C=O) groups excluding carboxylic acids is 1. The number of hydrogen-bond donors (Lipinski definition) is 2. The zero-order valence-corrected chi connectivity index (χ0v) is 12.0. The van der Waals surface area contributed by atoms with Gasteiger partial charge in [0.2, 0.25) is 5.91 Å². The Morgan fingerprint density at radius 3 is 2.53 bits per heavy atom. The van der Waals surface area contributed by atoms with Crippen LogP contribution in [0.2, 0.25) is 0 Å². The molecule has 1 aromatic carbocycles. The third kappa shape index (κ3) is 6.94. The number of hydrogen-bond acceptors (Lipinski definition) is 3. The van der Waals surface area contributed by atoms with Crippen LogP contribution >= 0.6 is 0 Å². The number of carbonyl (C=O) groups is 1. The summed E-state index contributed by atoms with van der Waals surface area (Å²) in [6.07, 6.45) is 1.24. The normalized spacial score (nSPS) is 10.7. The number of benzene rings is 1. The summed E-state index contributed by atoms with van der Waals surface area (Å²) >= 11 is 0. The Bertz CT molecular complexity index is 374. The topological polar surface area (TPSA) is 50.4 Å². The summed E-state index contributed by atoms with van der Waals surface area (Å²) in [4.78, 5) is 11.6. The van der Waals surface area contributed by atoms with Crippen LogP contribution < -0.4 is 10.6 Å². The second-order valence-electron chi connectivity index (χ2n) is 4.88. The highest BCUT2D eigenvalue weighted by atomic mass is 16.5. The molecule has 0 radical (unpaired) electrons. The van der Waals surface area contributed by atoms with Gasteiger partial charge in [-0.05, 0) is 24.1 Å². The third-order valence-corrected chi connectivity index (χ3v) is 2.70. The summed E-state index contributed by atoms with van der Waals surface area (Å²) in [6, 6.07) is 8.40. The molecule has 19 heavy (non-hydrogen) atoms. The molecule has 0 fully saturated rings. The van der Waals surface area contributed by atoms with Crippen molar-refractivity contribution in [3.8, 4) is 0 Å². The van der Waals surface area contributed by atoms with E-state index < -0.39 is 0 Å². The standard InChI is InChI=1S/C15H24N2O2/c1-12(2)16-11-13-6-8-14(9-7-13)17-15(18)5-4-10-19-3/h6-9,12,16H,4-5,10-11H2,1-3H3,(H,17,18). The van der Waals surface area contributed by atoms with Crippen molar-refractivity contribution < 1.29 is 9.53 Å². The van der Waals surface area contributed by atoms with E-state index in [1.54, 1.807) is 7.11 Å². The van der Waals surface area contributed by atoms with E-state index in [-0.39, 0.29) is 5.91 Å². The number of amides is 1. The van der Waals surface area contributed by atoms with Crippen molar-refractivity contribution in [1.82, 2.24) is 5.32 Å². The molecule has 0 aliphatic heterocycles. The number of methoxy groups -OCH3 is 1. The van der Waals surface area contributed by atoms with Crippen molar-refractivity contribution in [1.29, 1.82) is 0 Å². The largest absolute Gasteiger partial charge is 0.385 e. The summed E-state index contributed by atoms with van der Waals surface area (Å²) in [5.74, 6) is 0.0325. The first-order chi connectivity index (χ1) is 9.11. The fraction of sp³-hybridized carbons (Fsp3) is 0.533. The summed E-state index contributed by atoms with van der Waals surface area (Å²) in [5, 5.41) is 6.23. The Kier molecular flexibility index (Phi) is 7.15. The van der Waals surface area contributed by atoms with Crippen molar-refractivity contribution in [2.24, 2.45) is 0 Å². The van der Waals surface area contributed by atoms with Gasteiger partial charge in [-0.2, -0.15) is 0 Å². The van der Waals surface area contributed by atoms with Gasteiger partial charge in [-0.3, -0.25) is 4.79 Å². The molecule has 4 heteroatoms. The van der Waals surface area contributed by atoms with E-state index in [2.05, 4.69) is 24.5 Å². The van der Waals surface area contributed by atoms with E-state index >= 15 is 0 Å². The molecule has 0 saturated carbocycles. The number of rotatable bonds is 8. The van der Waals surface area contributed by atoms with Crippen molar-refractivity contribution in [2.45, 2.75) is 39.3 Å². The van der Waals surface area contributed by atoms with E-state index in [9.17, 15) is 4.79 Å². The maximum atomic E-state index is 11.6. The van der Waals surface area contributed by atoms with Crippen molar-refractivity contribution in [3.05, 3.63) is 29.8 Å². The molecule has 4 nitrogen and oxygen atoms in total. The molecule has 2 N–H and O–H groups in total. The minimum atomic E-state index is 0.0325. The van der Waals surface area contributed by atoms with Gasteiger partial charge in [0, 0.05) is 38.4 Å². The lowest BCUT2D eigenvalue weighted by atomic mass is 10.2. The minimum Gasteiger partial charge on any atom is -0.385 e. The van der Waals surface area contributed by atoms with E-state index in [0.29, 0.717) is 19.1 Å². The Balaban J connectivity index is 2.37. The molecule has 0 bridgehead atoms. The SMILES string of the molecule is COCCCC(=O)Nc1ccc(CNC(C)C)cc1. The summed E-state index contributed by atoms with van der Waals surface area (Å²) in [7, 11) is 1.64. The van der Waals surface area contributed by atoms with Gasteiger partial charge in [0.1, 0.15) is 0 Å². The van der Waals surface area contributed by atoms with Crippen LogP contribution in [0.25, 0.3) is 0 Å².